The van der Waals surface area contributed by atoms with E-state index in [9.17, 15) is 9.59 Å². The lowest BCUT2D eigenvalue weighted by Gasteiger charge is -2.33. The van der Waals surface area contributed by atoms with Gasteiger partial charge in [0.15, 0.2) is 5.79 Å². The number of rotatable bonds is 12. The maximum Gasteiger partial charge on any atom is 0.305 e. The van der Waals surface area contributed by atoms with Crippen LogP contribution < -0.4 is 0 Å². The molecule has 1 rings (SSSR count). The minimum Gasteiger partial charge on any atom is -0.469 e. The third-order valence-electron chi connectivity index (χ3n) is 4.66. The second-order valence-corrected chi connectivity index (χ2v) is 6.46. The van der Waals surface area contributed by atoms with Gasteiger partial charge < -0.3 is 23.7 Å². The van der Waals surface area contributed by atoms with Gasteiger partial charge in [-0.05, 0) is 12.8 Å². The Bertz CT molecular complexity index is 426. The van der Waals surface area contributed by atoms with E-state index in [2.05, 4.69) is 4.74 Å². The normalized spacial score (nSPS) is 25.8. The molecule has 0 spiro atoms. The predicted octanol–water partition coefficient (Wildman–Crippen LogP) is 2.95. The SMILES string of the molecule is COC(=O)CCCCCCCC1(OC)CCC(COC(C)=O)(OC)O1. The van der Waals surface area contributed by atoms with Crippen LogP contribution in [0.5, 0.6) is 0 Å². The van der Waals surface area contributed by atoms with Crippen molar-refractivity contribution >= 4 is 11.9 Å². The van der Waals surface area contributed by atoms with E-state index in [0.29, 0.717) is 19.3 Å². The van der Waals surface area contributed by atoms with E-state index in [1.807, 2.05) is 0 Å². The molecule has 146 valence electrons. The largest absolute Gasteiger partial charge is 0.469 e. The summed E-state index contributed by atoms with van der Waals surface area (Å²) in [6.45, 7) is 1.43. The molecule has 7 nitrogen and oxygen atoms in total. The fourth-order valence-electron chi connectivity index (χ4n) is 3.06. The van der Waals surface area contributed by atoms with Gasteiger partial charge in [0.2, 0.25) is 5.79 Å². The zero-order chi connectivity index (χ0) is 18.8. The van der Waals surface area contributed by atoms with Gasteiger partial charge >= 0.3 is 11.9 Å². The van der Waals surface area contributed by atoms with Crippen molar-refractivity contribution in [3.05, 3.63) is 0 Å². The first-order valence-electron chi connectivity index (χ1n) is 8.91. The molecule has 0 aliphatic carbocycles. The smallest absolute Gasteiger partial charge is 0.305 e. The molecule has 0 aromatic carbocycles. The summed E-state index contributed by atoms with van der Waals surface area (Å²) in [5.41, 5.74) is 0. The van der Waals surface area contributed by atoms with Crippen LogP contribution in [0.1, 0.15) is 64.7 Å². The molecule has 1 aliphatic rings. The van der Waals surface area contributed by atoms with Gasteiger partial charge in [0.25, 0.3) is 0 Å². The Morgan fingerprint density at radius 1 is 0.920 bits per heavy atom. The molecule has 1 aliphatic heterocycles. The van der Waals surface area contributed by atoms with Crippen molar-refractivity contribution in [1.82, 2.24) is 0 Å². The van der Waals surface area contributed by atoms with Crippen molar-refractivity contribution in [2.24, 2.45) is 0 Å². The minimum absolute atomic E-state index is 0.0669. The molecule has 7 heteroatoms. The van der Waals surface area contributed by atoms with Crippen molar-refractivity contribution in [1.29, 1.82) is 0 Å². The highest BCUT2D eigenvalue weighted by Crippen LogP contribution is 2.42. The minimum atomic E-state index is -0.928. The van der Waals surface area contributed by atoms with Gasteiger partial charge in [-0.2, -0.15) is 0 Å². The van der Waals surface area contributed by atoms with Crippen LogP contribution in [0, 0.1) is 0 Å². The van der Waals surface area contributed by atoms with Crippen molar-refractivity contribution in [3.8, 4) is 0 Å². The highest BCUT2D eigenvalue weighted by molar-refractivity contribution is 5.68. The van der Waals surface area contributed by atoms with Gasteiger partial charge in [-0.1, -0.05) is 19.3 Å². The molecular weight excluding hydrogens is 328 g/mol. The summed E-state index contributed by atoms with van der Waals surface area (Å²) in [7, 11) is 4.60. The van der Waals surface area contributed by atoms with Crippen molar-refractivity contribution in [2.75, 3.05) is 27.9 Å². The average Bonchev–Trinajstić information content (AvgIpc) is 2.99. The van der Waals surface area contributed by atoms with Crippen molar-refractivity contribution < 1.29 is 33.3 Å². The summed E-state index contributed by atoms with van der Waals surface area (Å²) in [5, 5.41) is 0. The number of methoxy groups -OCH3 is 3. The molecule has 1 heterocycles. The lowest BCUT2D eigenvalue weighted by Crippen LogP contribution is -2.42. The van der Waals surface area contributed by atoms with Gasteiger partial charge in [0.1, 0.15) is 6.61 Å². The summed E-state index contributed by atoms with van der Waals surface area (Å²) < 4.78 is 26.9. The van der Waals surface area contributed by atoms with Gasteiger partial charge in [-0.3, -0.25) is 9.59 Å². The molecule has 0 saturated carbocycles. The summed E-state index contributed by atoms with van der Waals surface area (Å²) in [5.74, 6) is -2.13. The molecular formula is C18H32O7. The molecule has 2 atom stereocenters. The second-order valence-electron chi connectivity index (χ2n) is 6.46. The molecule has 1 saturated heterocycles. The molecule has 0 bridgehead atoms. The molecule has 0 aromatic rings. The molecule has 25 heavy (non-hydrogen) atoms. The van der Waals surface area contributed by atoms with E-state index in [1.54, 1.807) is 14.2 Å². The number of esters is 2. The van der Waals surface area contributed by atoms with E-state index >= 15 is 0 Å². The fourth-order valence-corrected chi connectivity index (χ4v) is 3.06. The van der Waals surface area contributed by atoms with Crippen LogP contribution in [0.15, 0.2) is 0 Å². The monoisotopic (exact) mass is 360 g/mol. The van der Waals surface area contributed by atoms with Crippen LogP contribution in [0.3, 0.4) is 0 Å². The lowest BCUT2D eigenvalue weighted by atomic mass is 10.0. The number of carbonyl (C=O) groups is 2. The highest BCUT2D eigenvalue weighted by Gasteiger charge is 2.50. The standard InChI is InChI=1S/C18H32O7/c1-15(19)24-14-18(23-4)13-12-17(22-3,25-18)11-9-7-5-6-8-10-16(20)21-2/h5-14H2,1-4H3. The van der Waals surface area contributed by atoms with Crippen LogP contribution in [-0.4, -0.2) is 51.4 Å². The Labute approximate surface area is 150 Å². The Balaban J connectivity index is 2.33. The molecule has 0 amide bonds. The number of unbranched alkanes of at least 4 members (excludes halogenated alkanes) is 4. The number of carbonyl (C=O) groups excluding carboxylic acids is 2. The Kier molecular flexibility index (Phi) is 9.38. The lowest BCUT2D eigenvalue weighted by molar-refractivity contribution is -0.318. The first kappa shape index (κ1) is 21.9. The zero-order valence-corrected chi connectivity index (χ0v) is 15.9. The highest BCUT2D eigenvalue weighted by atomic mass is 16.8. The van der Waals surface area contributed by atoms with E-state index < -0.39 is 11.6 Å². The number of ether oxygens (including phenoxy) is 5. The van der Waals surface area contributed by atoms with Gasteiger partial charge in [-0.25, -0.2) is 0 Å². The van der Waals surface area contributed by atoms with E-state index in [4.69, 9.17) is 18.9 Å². The first-order chi connectivity index (χ1) is 11.9. The van der Waals surface area contributed by atoms with E-state index in [1.165, 1.54) is 14.0 Å². The Morgan fingerprint density at radius 3 is 2.12 bits per heavy atom. The number of hydrogen-bond donors (Lipinski definition) is 0. The molecule has 1 fully saturated rings. The summed E-state index contributed by atoms with van der Waals surface area (Å²) in [6.07, 6.45) is 7.46. The van der Waals surface area contributed by atoms with Crippen LogP contribution >= 0.6 is 0 Å². The molecule has 0 N–H and O–H groups in total. The molecule has 0 aromatic heterocycles. The third-order valence-corrected chi connectivity index (χ3v) is 4.66. The third kappa shape index (κ3) is 7.30. The summed E-state index contributed by atoms with van der Waals surface area (Å²) >= 11 is 0. The first-order valence-corrected chi connectivity index (χ1v) is 8.91. The average molecular weight is 360 g/mol. The van der Waals surface area contributed by atoms with E-state index in [0.717, 1.165) is 38.5 Å². The summed E-state index contributed by atoms with van der Waals surface area (Å²) in [6, 6.07) is 0. The predicted molar refractivity (Wildman–Crippen MR) is 90.8 cm³/mol. The van der Waals surface area contributed by atoms with Gasteiger partial charge in [-0.15, -0.1) is 0 Å². The molecule has 2 unspecified atom stereocenters. The van der Waals surface area contributed by atoms with Crippen LogP contribution in [0.4, 0.5) is 0 Å². The zero-order valence-electron chi connectivity index (χ0n) is 15.9. The van der Waals surface area contributed by atoms with Gasteiger partial charge in [0, 0.05) is 46.8 Å². The Morgan fingerprint density at radius 2 is 1.52 bits per heavy atom. The topological polar surface area (TPSA) is 80.3 Å². The summed E-state index contributed by atoms with van der Waals surface area (Å²) in [4.78, 5) is 22.1. The van der Waals surface area contributed by atoms with Crippen molar-refractivity contribution in [2.45, 2.75) is 76.3 Å². The maximum atomic E-state index is 11.1. The maximum absolute atomic E-state index is 11.1. The number of hydrogen-bond acceptors (Lipinski definition) is 7. The van der Waals surface area contributed by atoms with Crippen molar-refractivity contribution in [3.63, 3.8) is 0 Å². The van der Waals surface area contributed by atoms with Crippen LogP contribution in [0.25, 0.3) is 0 Å². The molecule has 0 radical (unpaired) electrons. The van der Waals surface area contributed by atoms with Crippen LogP contribution in [-0.2, 0) is 33.3 Å². The second kappa shape index (κ2) is 10.7. The van der Waals surface area contributed by atoms with Gasteiger partial charge in [0.05, 0.1) is 7.11 Å². The Hall–Kier alpha value is -1.18. The van der Waals surface area contributed by atoms with Crippen LogP contribution in [0.2, 0.25) is 0 Å². The fraction of sp³-hybridized carbons (Fsp3) is 0.889. The van der Waals surface area contributed by atoms with E-state index in [-0.39, 0.29) is 18.5 Å². The quantitative estimate of drug-likeness (QED) is 0.391.